The molecule has 0 aliphatic carbocycles. The van der Waals surface area contributed by atoms with Gasteiger partial charge in [-0.3, -0.25) is 4.90 Å². The predicted octanol–water partition coefficient (Wildman–Crippen LogP) is 2.74. The van der Waals surface area contributed by atoms with Crippen LogP contribution in [0.1, 0.15) is 29.9 Å². The normalized spacial score (nSPS) is 17.2. The Balaban J connectivity index is 0.00000245. The Morgan fingerprint density at radius 1 is 1.03 bits per heavy atom. The summed E-state index contributed by atoms with van der Waals surface area (Å²) in [6.45, 7) is 7.38. The van der Waals surface area contributed by atoms with Crippen LogP contribution >= 0.6 is 12.4 Å². The van der Waals surface area contributed by atoms with Gasteiger partial charge in [0.2, 0.25) is 6.79 Å². The summed E-state index contributed by atoms with van der Waals surface area (Å²) in [4.78, 5) is 4.66. The molecular weight excluding hydrogens is 435 g/mol. The molecule has 10 heteroatoms. The summed E-state index contributed by atoms with van der Waals surface area (Å²) in [5.74, 6) is 1.84. The summed E-state index contributed by atoms with van der Waals surface area (Å²) in [6.07, 6.45) is 0. The number of hydrogen-bond acceptors (Lipinski definition) is 7. The van der Waals surface area contributed by atoms with Gasteiger partial charge in [0.25, 0.3) is 0 Å². The summed E-state index contributed by atoms with van der Waals surface area (Å²) in [6, 6.07) is 12.3. The first-order chi connectivity index (χ1) is 15.2. The minimum atomic E-state index is -0.357. The molecule has 1 atom stereocenters. The van der Waals surface area contributed by atoms with Crippen LogP contribution in [0.3, 0.4) is 0 Å². The molecular formula is C22H26ClFN6O2. The lowest BCUT2D eigenvalue weighted by atomic mass is 10.0. The Labute approximate surface area is 192 Å². The molecule has 0 radical (unpaired) electrons. The van der Waals surface area contributed by atoms with Crippen molar-refractivity contribution in [3.8, 4) is 11.5 Å². The lowest BCUT2D eigenvalue weighted by Crippen LogP contribution is -2.48. The minimum Gasteiger partial charge on any atom is -0.454 e. The van der Waals surface area contributed by atoms with Gasteiger partial charge in [-0.15, -0.1) is 17.5 Å². The van der Waals surface area contributed by atoms with E-state index in [9.17, 15) is 4.39 Å². The molecule has 1 fully saturated rings. The van der Waals surface area contributed by atoms with E-state index in [0.717, 1.165) is 44.0 Å². The topological polar surface area (TPSA) is 68.5 Å². The second kappa shape index (κ2) is 9.81. The molecule has 1 aromatic heterocycles. The van der Waals surface area contributed by atoms with Crippen LogP contribution in [0, 0.1) is 5.82 Å². The van der Waals surface area contributed by atoms with Gasteiger partial charge in [0.15, 0.2) is 17.3 Å². The van der Waals surface area contributed by atoms with Gasteiger partial charge in [0.1, 0.15) is 11.9 Å². The third-order valence-corrected chi connectivity index (χ3v) is 5.99. The zero-order valence-corrected chi connectivity index (χ0v) is 18.7. The Bertz CT molecular complexity index is 1060. The lowest BCUT2D eigenvalue weighted by molar-refractivity contribution is 0.107. The highest BCUT2D eigenvalue weighted by Gasteiger charge is 2.32. The number of aromatic nitrogens is 4. The first-order valence-electron chi connectivity index (χ1n) is 10.6. The fourth-order valence-electron chi connectivity index (χ4n) is 4.27. The molecule has 170 valence electrons. The number of nitrogens with zero attached hydrogens (tertiary/aromatic N) is 6. The number of hydrogen-bond donors (Lipinski definition) is 0. The van der Waals surface area contributed by atoms with E-state index >= 15 is 0 Å². The zero-order valence-electron chi connectivity index (χ0n) is 17.9. The van der Waals surface area contributed by atoms with Crippen molar-refractivity contribution in [2.45, 2.75) is 19.5 Å². The van der Waals surface area contributed by atoms with Crippen molar-refractivity contribution in [3.63, 3.8) is 0 Å². The van der Waals surface area contributed by atoms with Crippen LogP contribution in [0.25, 0.3) is 0 Å². The number of piperazine rings is 1. The van der Waals surface area contributed by atoms with Gasteiger partial charge in [-0.05, 0) is 40.7 Å². The summed E-state index contributed by atoms with van der Waals surface area (Å²) in [7, 11) is 0. The Hall–Kier alpha value is -2.75. The van der Waals surface area contributed by atoms with Crippen LogP contribution < -0.4 is 9.47 Å². The highest BCUT2D eigenvalue weighted by Crippen LogP contribution is 2.34. The van der Waals surface area contributed by atoms with Crippen LogP contribution in [0.5, 0.6) is 11.5 Å². The fourth-order valence-corrected chi connectivity index (χ4v) is 4.27. The smallest absolute Gasteiger partial charge is 0.231 e. The van der Waals surface area contributed by atoms with Crippen LogP contribution in [-0.4, -0.2) is 69.5 Å². The van der Waals surface area contributed by atoms with Crippen LogP contribution in [0.4, 0.5) is 4.39 Å². The van der Waals surface area contributed by atoms with E-state index in [1.165, 1.54) is 6.07 Å². The van der Waals surface area contributed by atoms with Crippen molar-refractivity contribution in [1.29, 1.82) is 0 Å². The Kier molecular flexibility index (Phi) is 6.88. The van der Waals surface area contributed by atoms with E-state index in [-0.39, 0.29) is 31.1 Å². The highest BCUT2D eigenvalue weighted by atomic mass is 35.5. The summed E-state index contributed by atoms with van der Waals surface area (Å²) >= 11 is 0. The number of halogens is 2. The Morgan fingerprint density at radius 2 is 1.81 bits per heavy atom. The summed E-state index contributed by atoms with van der Waals surface area (Å²) in [5.41, 5.74) is 1.58. The van der Waals surface area contributed by atoms with E-state index in [0.29, 0.717) is 23.7 Å². The van der Waals surface area contributed by atoms with Crippen molar-refractivity contribution in [1.82, 2.24) is 30.0 Å². The largest absolute Gasteiger partial charge is 0.454 e. The second-order valence-corrected chi connectivity index (χ2v) is 7.78. The standard InChI is InChI=1S/C22H25FN6O2.ClH/c1-2-27-9-11-28(12-10-27)21(17-5-3-4-6-18(17)23)22-24-25-26-29(22)14-16-7-8-19-20(13-16)31-15-30-19;/h3-8,13,21H,2,9-12,14-15H2,1H3;1H. The molecule has 2 aliphatic rings. The van der Waals surface area contributed by atoms with Crippen molar-refractivity contribution in [3.05, 3.63) is 65.2 Å². The SMILES string of the molecule is CCN1CCN(C(c2ccccc2F)c2nnnn2Cc2ccc3c(c2)OCO3)CC1.Cl. The van der Waals surface area contributed by atoms with Crippen LogP contribution in [0.2, 0.25) is 0 Å². The van der Waals surface area contributed by atoms with E-state index in [1.807, 2.05) is 30.3 Å². The maximum atomic E-state index is 14.9. The molecule has 32 heavy (non-hydrogen) atoms. The number of benzene rings is 2. The minimum absolute atomic E-state index is 0. The summed E-state index contributed by atoms with van der Waals surface area (Å²) in [5, 5.41) is 12.5. The van der Waals surface area contributed by atoms with Gasteiger partial charge in [0.05, 0.1) is 6.54 Å². The maximum absolute atomic E-state index is 14.9. The molecule has 1 unspecified atom stereocenters. The van der Waals surface area contributed by atoms with Gasteiger partial charge < -0.3 is 14.4 Å². The average Bonchev–Trinajstić information content (AvgIpc) is 3.45. The molecule has 0 N–H and O–H groups in total. The van der Waals surface area contributed by atoms with Crippen molar-refractivity contribution < 1.29 is 13.9 Å². The second-order valence-electron chi connectivity index (χ2n) is 7.78. The first-order valence-corrected chi connectivity index (χ1v) is 10.6. The molecule has 0 amide bonds. The van der Waals surface area contributed by atoms with Crippen molar-refractivity contribution in [2.24, 2.45) is 0 Å². The van der Waals surface area contributed by atoms with Gasteiger partial charge >= 0.3 is 0 Å². The first kappa shape index (κ1) is 22.4. The fraction of sp³-hybridized carbons (Fsp3) is 0.409. The molecule has 0 bridgehead atoms. The molecule has 0 spiro atoms. The lowest BCUT2D eigenvalue weighted by Gasteiger charge is -2.38. The van der Waals surface area contributed by atoms with Gasteiger partial charge in [-0.2, -0.15) is 0 Å². The van der Waals surface area contributed by atoms with Gasteiger partial charge in [-0.1, -0.05) is 31.2 Å². The number of rotatable bonds is 6. The predicted molar refractivity (Wildman–Crippen MR) is 119 cm³/mol. The molecule has 3 heterocycles. The highest BCUT2D eigenvalue weighted by molar-refractivity contribution is 5.85. The third kappa shape index (κ3) is 4.41. The number of ether oxygens (including phenoxy) is 2. The van der Waals surface area contributed by atoms with Gasteiger partial charge in [0, 0.05) is 31.7 Å². The van der Waals surface area contributed by atoms with E-state index in [1.54, 1.807) is 10.7 Å². The van der Waals surface area contributed by atoms with Crippen LogP contribution in [0.15, 0.2) is 42.5 Å². The molecule has 8 nitrogen and oxygen atoms in total. The number of likely N-dealkylation sites (N-methyl/N-ethyl adjacent to an activating group) is 1. The quantitative estimate of drug-likeness (QED) is 0.560. The molecule has 0 saturated carbocycles. The van der Waals surface area contributed by atoms with Crippen LogP contribution in [-0.2, 0) is 6.54 Å². The van der Waals surface area contributed by atoms with Gasteiger partial charge in [-0.25, -0.2) is 9.07 Å². The average molecular weight is 461 g/mol. The van der Waals surface area contributed by atoms with Crippen molar-refractivity contribution in [2.75, 3.05) is 39.5 Å². The maximum Gasteiger partial charge on any atom is 0.231 e. The molecule has 2 aromatic carbocycles. The number of fused-ring (bicyclic) bond motifs is 1. The molecule has 5 rings (SSSR count). The Morgan fingerprint density at radius 3 is 2.59 bits per heavy atom. The monoisotopic (exact) mass is 460 g/mol. The molecule has 1 saturated heterocycles. The summed E-state index contributed by atoms with van der Waals surface area (Å²) < 4.78 is 27.5. The van der Waals surface area contributed by atoms with E-state index in [4.69, 9.17) is 9.47 Å². The molecule has 2 aliphatic heterocycles. The number of tetrazole rings is 1. The molecule has 3 aromatic rings. The van der Waals surface area contributed by atoms with Crippen molar-refractivity contribution >= 4 is 12.4 Å². The van der Waals surface area contributed by atoms with E-state index < -0.39 is 0 Å². The third-order valence-electron chi connectivity index (χ3n) is 5.99. The van der Waals surface area contributed by atoms with E-state index in [2.05, 4.69) is 32.2 Å². The zero-order chi connectivity index (χ0) is 21.2.